The Labute approximate surface area is 151 Å². The number of H-pyrrole nitrogens is 1. The largest absolute Gasteiger partial charge is 0.322 e. The highest BCUT2D eigenvalue weighted by atomic mass is 32.2. The van der Waals surface area contributed by atoms with Crippen molar-refractivity contribution in [2.75, 3.05) is 6.26 Å². The molecule has 0 unspecified atom stereocenters. The van der Waals surface area contributed by atoms with E-state index < -0.39 is 0 Å². The zero-order valence-electron chi connectivity index (χ0n) is 14.5. The van der Waals surface area contributed by atoms with E-state index in [9.17, 15) is 4.79 Å². The van der Waals surface area contributed by atoms with Gasteiger partial charge in [0.1, 0.15) is 0 Å². The van der Waals surface area contributed by atoms with Gasteiger partial charge in [0, 0.05) is 53.9 Å². The van der Waals surface area contributed by atoms with E-state index in [4.69, 9.17) is 0 Å². The molecule has 2 aromatic heterocycles. The Morgan fingerprint density at radius 1 is 1.32 bits per heavy atom. The number of fused-ring (bicyclic) bond motifs is 1. The molecule has 6 heteroatoms. The highest BCUT2D eigenvalue weighted by molar-refractivity contribution is 7.98. The second kappa shape index (κ2) is 6.69. The molecule has 1 aromatic carbocycles. The molecule has 0 amide bonds. The van der Waals surface area contributed by atoms with E-state index in [1.54, 1.807) is 11.8 Å². The third-order valence-electron chi connectivity index (χ3n) is 4.71. The van der Waals surface area contributed by atoms with Gasteiger partial charge in [-0.1, -0.05) is 6.07 Å². The highest BCUT2D eigenvalue weighted by Crippen LogP contribution is 2.30. The molecule has 2 heterocycles. The molecule has 4 rings (SSSR count). The molecule has 0 aliphatic heterocycles. The quantitative estimate of drug-likeness (QED) is 0.691. The summed E-state index contributed by atoms with van der Waals surface area (Å²) in [6.45, 7) is 1.51. The number of nitrogens with one attached hydrogen (secondary N) is 1. The molecule has 0 saturated heterocycles. The number of hydrogen-bond acceptors (Lipinski definition) is 4. The van der Waals surface area contributed by atoms with Crippen molar-refractivity contribution in [1.82, 2.24) is 19.7 Å². The Kier molecular flexibility index (Phi) is 4.39. The molecular weight excluding hydrogens is 332 g/mol. The standard InChI is InChI=1S/C19H22N4OS/c1-22-10-13(9-20-22)11-23(16-4-5-16)12-15-7-14-3-6-17(25-2)8-18(14)21-19(15)24/h3,6-10,16H,4-5,11-12H2,1-2H3,(H,21,24). The van der Waals surface area contributed by atoms with Crippen LogP contribution in [-0.2, 0) is 20.1 Å². The molecule has 5 nitrogen and oxygen atoms in total. The number of aryl methyl sites for hydroxylation is 1. The van der Waals surface area contributed by atoms with E-state index in [2.05, 4.69) is 27.1 Å². The third kappa shape index (κ3) is 3.65. The lowest BCUT2D eigenvalue weighted by molar-refractivity contribution is 0.245. The van der Waals surface area contributed by atoms with Crippen molar-refractivity contribution < 1.29 is 0 Å². The van der Waals surface area contributed by atoms with Crippen molar-refractivity contribution in [3.63, 3.8) is 0 Å². The topological polar surface area (TPSA) is 53.9 Å². The fourth-order valence-electron chi connectivity index (χ4n) is 3.23. The fourth-order valence-corrected chi connectivity index (χ4v) is 3.67. The van der Waals surface area contributed by atoms with Gasteiger partial charge in [-0.2, -0.15) is 5.10 Å². The van der Waals surface area contributed by atoms with Crippen LogP contribution in [0.3, 0.4) is 0 Å². The number of aromatic amines is 1. The monoisotopic (exact) mass is 354 g/mol. The summed E-state index contributed by atoms with van der Waals surface area (Å²) >= 11 is 1.68. The van der Waals surface area contributed by atoms with Gasteiger partial charge in [-0.15, -0.1) is 11.8 Å². The van der Waals surface area contributed by atoms with E-state index in [1.807, 2.05) is 42.5 Å². The van der Waals surface area contributed by atoms with Crippen LogP contribution in [0.5, 0.6) is 0 Å². The number of thioether (sulfide) groups is 1. The van der Waals surface area contributed by atoms with E-state index in [0.29, 0.717) is 12.6 Å². The molecule has 1 saturated carbocycles. The minimum Gasteiger partial charge on any atom is -0.322 e. The number of aromatic nitrogens is 3. The first-order valence-corrected chi connectivity index (χ1v) is 9.76. The Balaban J connectivity index is 1.61. The van der Waals surface area contributed by atoms with Crippen molar-refractivity contribution in [2.45, 2.75) is 36.9 Å². The smallest absolute Gasteiger partial charge is 0.252 e. The molecule has 130 valence electrons. The lowest BCUT2D eigenvalue weighted by Gasteiger charge is -2.21. The molecule has 0 radical (unpaired) electrons. The molecule has 1 fully saturated rings. The number of hydrogen-bond donors (Lipinski definition) is 1. The zero-order chi connectivity index (χ0) is 17.4. The van der Waals surface area contributed by atoms with Crippen LogP contribution in [0.4, 0.5) is 0 Å². The predicted octanol–water partition coefficient (Wildman–Crippen LogP) is 3.15. The molecule has 0 bridgehead atoms. The first-order chi connectivity index (χ1) is 12.1. The van der Waals surface area contributed by atoms with Crippen LogP contribution >= 0.6 is 11.8 Å². The number of benzene rings is 1. The van der Waals surface area contributed by atoms with Gasteiger partial charge in [0.25, 0.3) is 5.56 Å². The Morgan fingerprint density at radius 3 is 2.84 bits per heavy atom. The molecule has 25 heavy (non-hydrogen) atoms. The second-order valence-corrected chi connectivity index (χ2v) is 7.61. The molecule has 3 aromatic rings. The van der Waals surface area contributed by atoms with Gasteiger partial charge < -0.3 is 4.98 Å². The maximum absolute atomic E-state index is 12.6. The average Bonchev–Trinajstić information content (AvgIpc) is 3.37. The van der Waals surface area contributed by atoms with Gasteiger partial charge in [0.2, 0.25) is 0 Å². The van der Waals surface area contributed by atoms with Crippen LogP contribution in [0, 0.1) is 0 Å². The first kappa shape index (κ1) is 16.4. The third-order valence-corrected chi connectivity index (χ3v) is 5.44. The summed E-state index contributed by atoms with van der Waals surface area (Å²) in [7, 11) is 1.93. The van der Waals surface area contributed by atoms with Gasteiger partial charge in [-0.25, -0.2) is 0 Å². The second-order valence-electron chi connectivity index (χ2n) is 6.74. The molecular formula is C19H22N4OS. The summed E-state index contributed by atoms with van der Waals surface area (Å²) < 4.78 is 1.83. The summed E-state index contributed by atoms with van der Waals surface area (Å²) in [5, 5.41) is 5.34. The molecule has 0 spiro atoms. The normalized spacial score (nSPS) is 14.5. The molecule has 1 aliphatic carbocycles. The number of pyridine rings is 1. The van der Waals surface area contributed by atoms with Crippen LogP contribution < -0.4 is 5.56 Å². The summed E-state index contributed by atoms with van der Waals surface area (Å²) in [5.74, 6) is 0. The van der Waals surface area contributed by atoms with Gasteiger partial charge in [0.15, 0.2) is 0 Å². The average molecular weight is 354 g/mol. The summed E-state index contributed by atoms with van der Waals surface area (Å²) in [6, 6.07) is 8.84. The minimum absolute atomic E-state index is 0.0163. The first-order valence-electron chi connectivity index (χ1n) is 8.54. The number of rotatable bonds is 6. The predicted molar refractivity (Wildman–Crippen MR) is 102 cm³/mol. The van der Waals surface area contributed by atoms with Gasteiger partial charge in [-0.3, -0.25) is 14.4 Å². The van der Waals surface area contributed by atoms with Crippen molar-refractivity contribution in [3.8, 4) is 0 Å². The summed E-state index contributed by atoms with van der Waals surface area (Å²) in [5.41, 5.74) is 2.95. The maximum Gasteiger partial charge on any atom is 0.252 e. The Bertz CT molecular complexity index is 957. The van der Waals surface area contributed by atoms with Gasteiger partial charge in [0.05, 0.1) is 6.20 Å². The lowest BCUT2D eigenvalue weighted by Crippen LogP contribution is -2.28. The van der Waals surface area contributed by atoms with Gasteiger partial charge in [-0.05, 0) is 42.7 Å². The fraction of sp³-hybridized carbons (Fsp3) is 0.368. The number of nitrogens with zero attached hydrogens (tertiary/aromatic N) is 3. The zero-order valence-corrected chi connectivity index (χ0v) is 15.3. The van der Waals surface area contributed by atoms with Crippen LogP contribution in [0.25, 0.3) is 10.9 Å². The Hall–Kier alpha value is -2.05. The van der Waals surface area contributed by atoms with E-state index in [1.165, 1.54) is 18.4 Å². The summed E-state index contributed by atoms with van der Waals surface area (Å²) in [6.07, 6.45) is 8.42. The van der Waals surface area contributed by atoms with Crippen LogP contribution in [-0.4, -0.2) is 32.0 Å². The van der Waals surface area contributed by atoms with E-state index >= 15 is 0 Å². The molecule has 1 aliphatic rings. The van der Waals surface area contributed by atoms with E-state index in [0.717, 1.165) is 27.9 Å². The van der Waals surface area contributed by atoms with Crippen molar-refractivity contribution >= 4 is 22.7 Å². The van der Waals surface area contributed by atoms with Crippen LogP contribution in [0.15, 0.2) is 46.3 Å². The van der Waals surface area contributed by atoms with Crippen LogP contribution in [0.1, 0.15) is 24.0 Å². The van der Waals surface area contributed by atoms with Crippen molar-refractivity contribution in [1.29, 1.82) is 0 Å². The molecule has 0 atom stereocenters. The lowest BCUT2D eigenvalue weighted by atomic mass is 10.1. The van der Waals surface area contributed by atoms with Crippen LogP contribution in [0.2, 0.25) is 0 Å². The van der Waals surface area contributed by atoms with Crippen molar-refractivity contribution in [3.05, 3.63) is 58.1 Å². The van der Waals surface area contributed by atoms with Gasteiger partial charge >= 0.3 is 0 Å². The minimum atomic E-state index is 0.0163. The maximum atomic E-state index is 12.6. The molecule has 1 N–H and O–H groups in total. The Morgan fingerprint density at radius 2 is 2.16 bits per heavy atom. The SMILES string of the molecule is CSc1ccc2cc(CN(Cc3cnn(C)c3)C3CC3)c(=O)[nH]c2c1. The summed E-state index contributed by atoms with van der Waals surface area (Å²) in [4.78, 5) is 19.2. The van der Waals surface area contributed by atoms with E-state index in [-0.39, 0.29) is 5.56 Å². The highest BCUT2D eigenvalue weighted by Gasteiger charge is 2.29. The van der Waals surface area contributed by atoms with Crippen molar-refractivity contribution in [2.24, 2.45) is 7.05 Å².